The average Bonchev–Trinajstić information content (AvgIpc) is 2.13. The molecule has 0 heterocycles. The van der Waals surface area contributed by atoms with Gasteiger partial charge in [0.15, 0.2) is 0 Å². The quantitative estimate of drug-likeness (QED) is 0.504. The van der Waals surface area contributed by atoms with Crippen LogP contribution in [0.15, 0.2) is 22.9 Å². The summed E-state index contributed by atoms with van der Waals surface area (Å²) in [6.45, 7) is 1.96. The molecule has 1 aliphatic rings. The normalized spacial score (nSPS) is 18.1. The van der Waals surface area contributed by atoms with Crippen LogP contribution in [0.2, 0.25) is 0 Å². The molecular weight excluding hydrogens is 112 g/mol. The van der Waals surface area contributed by atoms with Gasteiger partial charge in [-0.05, 0) is 18.1 Å². The second kappa shape index (κ2) is 2.05. The van der Waals surface area contributed by atoms with Gasteiger partial charge in [-0.1, -0.05) is 6.08 Å². The summed E-state index contributed by atoms with van der Waals surface area (Å²) >= 11 is 0. The molecule has 2 heteroatoms. The minimum atomic E-state index is 0.759. The Morgan fingerprint density at radius 1 is 1.78 bits per heavy atom. The Kier molecular flexibility index (Phi) is 1.39. The van der Waals surface area contributed by atoms with Gasteiger partial charge >= 0.3 is 0 Å². The summed E-state index contributed by atoms with van der Waals surface area (Å²) in [5.74, 6) is 0. The van der Waals surface area contributed by atoms with Gasteiger partial charge in [-0.2, -0.15) is 0 Å². The Bertz CT molecular complexity index is 199. The molecule has 0 aromatic heterocycles. The van der Waals surface area contributed by atoms with Crippen molar-refractivity contribution in [2.24, 2.45) is 5.73 Å². The Morgan fingerprint density at radius 3 is 2.67 bits per heavy atom. The van der Waals surface area contributed by atoms with E-state index in [1.165, 1.54) is 6.21 Å². The van der Waals surface area contributed by atoms with Crippen molar-refractivity contribution in [3.05, 3.63) is 22.9 Å². The number of hydrogen-bond donors (Lipinski definition) is 2. The Hall–Kier alpha value is -1.05. The van der Waals surface area contributed by atoms with Crippen molar-refractivity contribution in [2.75, 3.05) is 0 Å². The van der Waals surface area contributed by atoms with E-state index in [9.17, 15) is 0 Å². The highest BCUT2D eigenvalue weighted by atomic mass is 14.6. The summed E-state index contributed by atoms with van der Waals surface area (Å²) in [6, 6.07) is 0. The van der Waals surface area contributed by atoms with Crippen molar-refractivity contribution < 1.29 is 0 Å². The van der Waals surface area contributed by atoms with Crippen molar-refractivity contribution in [1.82, 2.24) is 0 Å². The summed E-state index contributed by atoms with van der Waals surface area (Å²) in [7, 11) is 0. The van der Waals surface area contributed by atoms with Crippen LogP contribution in [-0.4, -0.2) is 6.21 Å². The monoisotopic (exact) mass is 122 g/mol. The standard InChI is InChI=1S/C7H10N2/c1-5-2-6(4-8)3-7(5)9/h2,4,8H,3,9H2,1H3. The highest BCUT2D eigenvalue weighted by molar-refractivity contribution is 5.79. The molecule has 0 radical (unpaired) electrons. The lowest BCUT2D eigenvalue weighted by Crippen LogP contribution is -1.95. The lowest BCUT2D eigenvalue weighted by Gasteiger charge is -1.91. The number of nitrogens with two attached hydrogens (primary N) is 1. The highest BCUT2D eigenvalue weighted by Gasteiger charge is 2.06. The number of nitrogens with one attached hydrogen (secondary N) is 1. The molecule has 0 amide bonds. The first-order valence-corrected chi connectivity index (χ1v) is 2.90. The van der Waals surface area contributed by atoms with Crippen LogP contribution < -0.4 is 5.73 Å². The van der Waals surface area contributed by atoms with Crippen LogP contribution in [0.4, 0.5) is 0 Å². The molecule has 0 atom stereocenters. The van der Waals surface area contributed by atoms with E-state index in [4.69, 9.17) is 11.1 Å². The molecule has 9 heavy (non-hydrogen) atoms. The minimum Gasteiger partial charge on any atom is -0.402 e. The van der Waals surface area contributed by atoms with E-state index < -0.39 is 0 Å². The van der Waals surface area contributed by atoms with Crippen LogP contribution >= 0.6 is 0 Å². The topological polar surface area (TPSA) is 49.9 Å². The fourth-order valence-electron chi connectivity index (χ4n) is 0.874. The van der Waals surface area contributed by atoms with Gasteiger partial charge in [0.1, 0.15) is 0 Å². The maximum Gasteiger partial charge on any atom is 0.0213 e. The third-order valence-corrected chi connectivity index (χ3v) is 1.49. The first-order valence-electron chi connectivity index (χ1n) is 2.90. The largest absolute Gasteiger partial charge is 0.402 e. The van der Waals surface area contributed by atoms with Gasteiger partial charge in [0.25, 0.3) is 0 Å². The first kappa shape index (κ1) is 6.08. The molecule has 3 N–H and O–H groups in total. The van der Waals surface area contributed by atoms with Crippen LogP contribution in [0.25, 0.3) is 0 Å². The van der Waals surface area contributed by atoms with E-state index in [0.29, 0.717) is 0 Å². The maximum absolute atomic E-state index is 6.90. The highest BCUT2D eigenvalue weighted by Crippen LogP contribution is 2.18. The predicted octanol–water partition coefficient (Wildman–Crippen LogP) is 1.20. The Balaban J connectivity index is 2.78. The molecule has 0 unspecified atom stereocenters. The van der Waals surface area contributed by atoms with Gasteiger partial charge in [0.05, 0.1) is 0 Å². The molecule has 0 spiro atoms. The molecular formula is C7H10N2. The fraction of sp³-hybridized carbons (Fsp3) is 0.286. The SMILES string of the molecule is CC1=C(N)CC(C=N)=C1. The van der Waals surface area contributed by atoms with E-state index in [1.807, 2.05) is 13.0 Å². The van der Waals surface area contributed by atoms with Crippen LogP contribution in [0, 0.1) is 5.41 Å². The van der Waals surface area contributed by atoms with Gasteiger partial charge in [-0.3, -0.25) is 0 Å². The summed E-state index contributed by atoms with van der Waals surface area (Å²) in [5.41, 5.74) is 8.57. The van der Waals surface area contributed by atoms with Crippen molar-refractivity contribution >= 4 is 6.21 Å². The van der Waals surface area contributed by atoms with Crippen molar-refractivity contribution in [3.63, 3.8) is 0 Å². The van der Waals surface area contributed by atoms with Crippen molar-refractivity contribution in [1.29, 1.82) is 5.41 Å². The average molecular weight is 122 g/mol. The second-order valence-electron chi connectivity index (χ2n) is 2.25. The second-order valence-corrected chi connectivity index (χ2v) is 2.25. The third kappa shape index (κ3) is 1.02. The van der Waals surface area contributed by atoms with Crippen LogP contribution in [0.5, 0.6) is 0 Å². The molecule has 0 fully saturated rings. The summed E-state index contributed by atoms with van der Waals surface area (Å²) in [4.78, 5) is 0. The lowest BCUT2D eigenvalue weighted by atomic mass is 10.2. The molecule has 0 aromatic carbocycles. The Labute approximate surface area is 54.6 Å². The van der Waals surface area contributed by atoms with Crippen molar-refractivity contribution in [3.8, 4) is 0 Å². The molecule has 1 rings (SSSR count). The molecule has 2 nitrogen and oxygen atoms in total. The zero-order chi connectivity index (χ0) is 6.85. The van der Waals surface area contributed by atoms with E-state index in [2.05, 4.69) is 0 Å². The zero-order valence-electron chi connectivity index (χ0n) is 5.44. The van der Waals surface area contributed by atoms with Crippen LogP contribution in [0.3, 0.4) is 0 Å². The maximum atomic E-state index is 6.90. The van der Waals surface area contributed by atoms with Gasteiger partial charge in [0.2, 0.25) is 0 Å². The van der Waals surface area contributed by atoms with Gasteiger partial charge in [-0.15, -0.1) is 0 Å². The van der Waals surface area contributed by atoms with Crippen molar-refractivity contribution in [2.45, 2.75) is 13.3 Å². The molecule has 0 aliphatic heterocycles. The van der Waals surface area contributed by atoms with E-state index in [1.54, 1.807) is 0 Å². The number of hydrogen-bond acceptors (Lipinski definition) is 2. The summed E-state index contributed by atoms with van der Waals surface area (Å²) < 4.78 is 0. The van der Waals surface area contributed by atoms with Crippen LogP contribution in [-0.2, 0) is 0 Å². The first-order chi connectivity index (χ1) is 4.24. The molecule has 0 bridgehead atoms. The zero-order valence-corrected chi connectivity index (χ0v) is 5.44. The van der Waals surface area contributed by atoms with E-state index >= 15 is 0 Å². The van der Waals surface area contributed by atoms with Gasteiger partial charge < -0.3 is 11.1 Å². The molecule has 0 aromatic rings. The third-order valence-electron chi connectivity index (χ3n) is 1.49. The fourth-order valence-corrected chi connectivity index (χ4v) is 0.874. The number of allylic oxidation sites excluding steroid dienone is 3. The molecule has 0 saturated carbocycles. The lowest BCUT2D eigenvalue weighted by molar-refractivity contribution is 1.15. The smallest absolute Gasteiger partial charge is 0.0213 e. The summed E-state index contributed by atoms with van der Waals surface area (Å²) in [6.07, 6.45) is 4.06. The number of rotatable bonds is 1. The Morgan fingerprint density at radius 2 is 2.44 bits per heavy atom. The molecule has 0 saturated heterocycles. The van der Waals surface area contributed by atoms with Gasteiger partial charge in [0, 0.05) is 18.3 Å². The predicted molar refractivity (Wildman–Crippen MR) is 38.4 cm³/mol. The van der Waals surface area contributed by atoms with Crippen LogP contribution in [0.1, 0.15) is 13.3 Å². The van der Waals surface area contributed by atoms with E-state index in [-0.39, 0.29) is 0 Å². The minimum absolute atomic E-state index is 0.759. The molecule has 48 valence electrons. The summed E-state index contributed by atoms with van der Waals surface area (Å²) in [5, 5.41) is 6.90. The van der Waals surface area contributed by atoms with Gasteiger partial charge in [-0.25, -0.2) is 0 Å². The molecule has 1 aliphatic carbocycles. The van der Waals surface area contributed by atoms with E-state index in [0.717, 1.165) is 23.3 Å².